The van der Waals surface area contributed by atoms with E-state index in [-0.39, 0.29) is 5.91 Å². The van der Waals surface area contributed by atoms with Crippen LogP contribution >= 0.6 is 23.4 Å². The van der Waals surface area contributed by atoms with E-state index in [1.54, 1.807) is 18.2 Å². The molecular formula is C14H20ClN3OS. The number of carbonyl (C=O) groups is 1. The molecule has 1 aliphatic rings. The van der Waals surface area contributed by atoms with Gasteiger partial charge in [-0.15, -0.1) is 0 Å². The molecule has 3 N–H and O–H groups in total. The second kappa shape index (κ2) is 6.70. The SMILES string of the molecule is CC1CN(CC(=O)Nc2cc(N)ccc2Cl)CC(C)S1. The quantitative estimate of drug-likeness (QED) is 0.842. The second-order valence-corrected chi connectivity index (χ2v) is 7.53. The van der Waals surface area contributed by atoms with Crippen LogP contribution in [0.4, 0.5) is 11.4 Å². The summed E-state index contributed by atoms with van der Waals surface area (Å²) in [5, 5.41) is 4.45. The lowest BCUT2D eigenvalue weighted by Gasteiger charge is -2.34. The minimum absolute atomic E-state index is 0.0520. The van der Waals surface area contributed by atoms with Crippen molar-refractivity contribution in [3.63, 3.8) is 0 Å². The van der Waals surface area contributed by atoms with E-state index in [1.807, 2.05) is 11.8 Å². The molecule has 1 aliphatic heterocycles. The summed E-state index contributed by atoms with van der Waals surface area (Å²) in [6, 6.07) is 5.08. The zero-order valence-electron chi connectivity index (χ0n) is 11.7. The van der Waals surface area contributed by atoms with Crippen molar-refractivity contribution >= 4 is 40.6 Å². The summed E-state index contributed by atoms with van der Waals surface area (Å²) < 4.78 is 0. The predicted octanol–water partition coefficient (Wildman–Crippen LogP) is 2.69. The number of thioether (sulfide) groups is 1. The Kier molecular flexibility index (Phi) is 5.18. The number of nitrogens with two attached hydrogens (primary N) is 1. The number of amides is 1. The van der Waals surface area contributed by atoms with E-state index >= 15 is 0 Å². The third-order valence-electron chi connectivity index (χ3n) is 3.13. The summed E-state index contributed by atoms with van der Waals surface area (Å²) in [5.74, 6) is -0.0520. The minimum Gasteiger partial charge on any atom is -0.399 e. The van der Waals surface area contributed by atoms with Crippen LogP contribution in [0.5, 0.6) is 0 Å². The van der Waals surface area contributed by atoms with E-state index in [0.29, 0.717) is 33.4 Å². The topological polar surface area (TPSA) is 58.4 Å². The number of hydrogen-bond donors (Lipinski definition) is 2. The molecule has 0 spiro atoms. The molecule has 4 nitrogen and oxygen atoms in total. The predicted molar refractivity (Wildman–Crippen MR) is 87.4 cm³/mol. The first-order chi connectivity index (χ1) is 9.44. The van der Waals surface area contributed by atoms with Crippen molar-refractivity contribution in [3.05, 3.63) is 23.2 Å². The fraction of sp³-hybridized carbons (Fsp3) is 0.500. The Morgan fingerprint density at radius 3 is 2.75 bits per heavy atom. The van der Waals surface area contributed by atoms with Crippen LogP contribution in [0.2, 0.25) is 5.02 Å². The molecule has 0 radical (unpaired) electrons. The molecule has 0 bridgehead atoms. The second-order valence-electron chi connectivity index (χ2n) is 5.24. The normalized spacial score (nSPS) is 23.6. The summed E-state index contributed by atoms with van der Waals surface area (Å²) in [6.45, 7) is 6.65. The molecule has 2 atom stereocenters. The van der Waals surface area contributed by atoms with Gasteiger partial charge in [0.15, 0.2) is 0 Å². The third kappa shape index (κ3) is 4.30. The lowest BCUT2D eigenvalue weighted by Crippen LogP contribution is -2.44. The first kappa shape index (κ1) is 15.5. The molecule has 2 rings (SSSR count). The lowest BCUT2D eigenvalue weighted by atomic mass is 10.2. The van der Waals surface area contributed by atoms with Crippen molar-refractivity contribution < 1.29 is 4.79 Å². The number of halogens is 1. The van der Waals surface area contributed by atoms with Gasteiger partial charge in [0.1, 0.15) is 0 Å². The van der Waals surface area contributed by atoms with Crippen molar-refractivity contribution in [1.82, 2.24) is 4.90 Å². The zero-order chi connectivity index (χ0) is 14.7. The number of rotatable bonds is 3. The van der Waals surface area contributed by atoms with Crippen molar-refractivity contribution in [2.75, 3.05) is 30.7 Å². The molecule has 6 heteroatoms. The third-order valence-corrected chi connectivity index (χ3v) is 4.68. The van der Waals surface area contributed by atoms with Gasteiger partial charge in [-0.1, -0.05) is 25.4 Å². The van der Waals surface area contributed by atoms with E-state index in [0.717, 1.165) is 13.1 Å². The van der Waals surface area contributed by atoms with Gasteiger partial charge in [0.05, 0.1) is 17.3 Å². The molecule has 20 heavy (non-hydrogen) atoms. The molecule has 1 aromatic carbocycles. The standard InChI is InChI=1S/C14H20ClN3OS/c1-9-6-18(7-10(2)20-9)8-14(19)17-13-5-11(16)3-4-12(13)15/h3-5,9-10H,6-8,16H2,1-2H3,(H,17,19). The molecule has 2 unspecified atom stereocenters. The summed E-state index contributed by atoms with van der Waals surface area (Å²) in [4.78, 5) is 14.3. The summed E-state index contributed by atoms with van der Waals surface area (Å²) in [5.41, 5.74) is 6.86. The van der Waals surface area contributed by atoms with E-state index in [1.165, 1.54) is 0 Å². The number of hydrogen-bond acceptors (Lipinski definition) is 4. The van der Waals surface area contributed by atoms with Gasteiger partial charge in [-0.3, -0.25) is 9.69 Å². The Morgan fingerprint density at radius 2 is 2.10 bits per heavy atom. The highest BCUT2D eigenvalue weighted by molar-refractivity contribution is 8.00. The summed E-state index contributed by atoms with van der Waals surface area (Å²) in [6.07, 6.45) is 0. The van der Waals surface area contributed by atoms with E-state index in [2.05, 4.69) is 24.1 Å². The molecule has 1 fully saturated rings. The molecular weight excluding hydrogens is 294 g/mol. The van der Waals surface area contributed by atoms with Crippen molar-refractivity contribution in [2.45, 2.75) is 24.3 Å². The van der Waals surface area contributed by atoms with Gasteiger partial charge in [0.2, 0.25) is 5.91 Å². The van der Waals surface area contributed by atoms with Crippen LogP contribution in [0.25, 0.3) is 0 Å². The van der Waals surface area contributed by atoms with Gasteiger partial charge in [0, 0.05) is 29.3 Å². The van der Waals surface area contributed by atoms with Crippen molar-refractivity contribution in [3.8, 4) is 0 Å². The average Bonchev–Trinajstić information content (AvgIpc) is 2.32. The minimum atomic E-state index is -0.0520. The van der Waals surface area contributed by atoms with Gasteiger partial charge in [-0.25, -0.2) is 0 Å². The Balaban J connectivity index is 1.93. The Hall–Kier alpha value is -0.910. The monoisotopic (exact) mass is 313 g/mol. The highest BCUT2D eigenvalue weighted by Crippen LogP contribution is 2.26. The molecule has 0 aliphatic carbocycles. The number of nitrogens with one attached hydrogen (secondary N) is 1. The van der Waals surface area contributed by atoms with Gasteiger partial charge in [-0.05, 0) is 18.2 Å². The molecule has 110 valence electrons. The Morgan fingerprint density at radius 1 is 1.45 bits per heavy atom. The number of nitrogens with zero attached hydrogens (tertiary/aromatic N) is 1. The van der Waals surface area contributed by atoms with Crippen LogP contribution in [0.3, 0.4) is 0 Å². The van der Waals surface area contributed by atoms with E-state index < -0.39 is 0 Å². The van der Waals surface area contributed by atoms with Crippen LogP contribution in [-0.4, -0.2) is 40.9 Å². The largest absolute Gasteiger partial charge is 0.399 e. The molecule has 0 saturated carbocycles. The van der Waals surface area contributed by atoms with Crippen LogP contribution in [-0.2, 0) is 4.79 Å². The van der Waals surface area contributed by atoms with Gasteiger partial charge >= 0.3 is 0 Å². The number of nitrogen functional groups attached to an aromatic ring is 1. The first-order valence-corrected chi connectivity index (χ1v) is 7.99. The maximum absolute atomic E-state index is 12.1. The van der Waals surface area contributed by atoms with Crippen LogP contribution < -0.4 is 11.1 Å². The maximum Gasteiger partial charge on any atom is 0.238 e. The van der Waals surface area contributed by atoms with Gasteiger partial charge in [-0.2, -0.15) is 11.8 Å². The van der Waals surface area contributed by atoms with Gasteiger partial charge in [0.25, 0.3) is 0 Å². The number of benzene rings is 1. The molecule has 1 amide bonds. The smallest absolute Gasteiger partial charge is 0.238 e. The molecule has 1 heterocycles. The summed E-state index contributed by atoms with van der Waals surface area (Å²) in [7, 11) is 0. The Labute approximate surface area is 129 Å². The maximum atomic E-state index is 12.1. The zero-order valence-corrected chi connectivity index (χ0v) is 13.3. The number of anilines is 2. The first-order valence-electron chi connectivity index (χ1n) is 6.66. The Bertz CT molecular complexity index is 487. The van der Waals surface area contributed by atoms with Crippen LogP contribution in [0.15, 0.2) is 18.2 Å². The fourth-order valence-corrected chi connectivity index (χ4v) is 4.00. The van der Waals surface area contributed by atoms with Crippen molar-refractivity contribution in [1.29, 1.82) is 0 Å². The summed E-state index contributed by atoms with van der Waals surface area (Å²) >= 11 is 8.01. The van der Waals surface area contributed by atoms with Crippen LogP contribution in [0, 0.1) is 0 Å². The van der Waals surface area contributed by atoms with Crippen LogP contribution in [0.1, 0.15) is 13.8 Å². The fourth-order valence-electron chi connectivity index (χ4n) is 2.44. The average molecular weight is 314 g/mol. The highest BCUT2D eigenvalue weighted by Gasteiger charge is 2.23. The highest BCUT2D eigenvalue weighted by atomic mass is 35.5. The molecule has 1 aromatic rings. The lowest BCUT2D eigenvalue weighted by molar-refractivity contribution is -0.117. The molecule has 0 aromatic heterocycles. The van der Waals surface area contributed by atoms with Gasteiger partial charge < -0.3 is 11.1 Å². The number of carbonyl (C=O) groups excluding carboxylic acids is 1. The van der Waals surface area contributed by atoms with E-state index in [9.17, 15) is 4.79 Å². The van der Waals surface area contributed by atoms with E-state index in [4.69, 9.17) is 17.3 Å². The molecule has 1 saturated heterocycles. The van der Waals surface area contributed by atoms with Crippen molar-refractivity contribution in [2.24, 2.45) is 0 Å².